The quantitative estimate of drug-likeness (QED) is 0.737. The highest BCUT2D eigenvalue weighted by Gasteiger charge is 2.36. The van der Waals surface area contributed by atoms with Crippen LogP contribution in [0.1, 0.15) is 12.8 Å². The molecule has 1 aliphatic rings. The fourth-order valence-electron chi connectivity index (χ4n) is 1.95. The number of carboxylic acid groups (broad SMARTS) is 1. The minimum Gasteiger partial charge on any atom is -0.480 e. The number of aliphatic carboxylic acids is 1. The number of fused-ring (bicyclic) bond motifs is 1. The molecule has 3 N–H and O–H groups in total. The zero-order valence-electron chi connectivity index (χ0n) is 9.05. The zero-order chi connectivity index (χ0) is 11.8. The fraction of sp³-hybridized carbons (Fsp3) is 0.364. The second-order valence-electron chi connectivity index (χ2n) is 4.26. The van der Waals surface area contributed by atoms with Crippen molar-refractivity contribution in [3.63, 3.8) is 0 Å². The molecule has 0 saturated heterocycles. The van der Waals surface area contributed by atoms with Crippen molar-refractivity contribution in [2.24, 2.45) is 5.92 Å². The molecule has 6 heteroatoms. The van der Waals surface area contributed by atoms with Crippen molar-refractivity contribution in [3.05, 3.63) is 18.6 Å². The Morgan fingerprint density at radius 2 is 2.35 bits per heavy atom. The Labute approximate surface area is 97.1 Å². The van der Waals surface area contributed by atoms with Crippen LogP contribution in [0.15, 0.2) is 18.6 Å². The van der Waals surface area contributed by atoms with Crippen molar-refractivity contribution in [3.8, 4) is 0 Å². The van der Waals surface area contributed by atoms with Gasteiger partial charge >= 0.3 is 5.97 Å². The second kappa shape index (κ2) is 3.73. The number of carboxylic acids is 1. The molecule has 0 aliphatic heterocycles. The lowest BCUT2D eigenvalue weighted by molar-refractivity contribution is -0.138. The van der Waals surface area contributed by atoms with Crippen LogP contribution < -0.4 is 5.32 Å². The van der Waals surface area contributed by atoms with Gasteiger partial charge in [-0.15, -0.1) is 0 Å². The van der Waals surface area contributed by atoms with Crippen LogP contribution in [0.4, 0.5) is 5.82 Å². The topological polar surface area (TPSA) is 90.9 Å². The molecule has 2 aromatic rings. The lowest BCUT2D eigenvalue weighted by Crippen LogP contribution is -2.31. The van der Waals surface area contributed by atoms with Crippen molar-refractivity contribution in [2.45, 2.75) is 18.9 Å². The number of anilines is 1. The molecule has 1 saturated carbocycles. The number of aromatic nitrogens is 3. The molecule has 0 spiro atoms. The number of hydrogen-bond donors (Lipinski definition) is 3. The van der Waals surface area contributed by atoms with Crippen LogP contribution in [0.3, 0.4) is 0 Å². The van der Waals surface area contributed by atoms with E-state index in [4.69, 9.17) is 5.11 Å². The van der Waals surface area contributed by atoms with E-state index in [9.17, 15) is 4.79 Å². The van der Waals surface area contributed by atoms with Crippen molar-refractivity contribution >= 4 is 22.8 Å². The van der Waals surface area contributed by atoms with E-state index >= 15 is 0 Å². The summed E-state index contributed by atoms with van der Waals surface area (Å²) in [5.74, 6) is -0.0261. The summed E-state index contributed by atoms with van der Waals surface area (Å²) in [6.07, 6.45) is 5.11. The lowest BCUT2D eigenvalue weighted by atomic mass is 10.2. The Balaban J connectivity index is 1.93. The SMILES string of the molecule is O=C(O)[C@@H](Nc1ncnc2[nH]ccc12)C1CC1. The summed E-state index contributed by atoms with van der Waals surface area (Å²) in [5.41, 5.74) is 0.711. The third-order valence-corrected chi connectivity index (χ3v) is 3.01. The number of H-pyrrole nitrogens is 1. The van der Waals surface area contributed by atoms with Gasteiger partial charge in [-0.3, -0.25) is 0 Å². The number of hydrogen-bond acceptors (Lipinski definition) is 4. The van der Waals surface area contributed by atoms with Crippen LogP contribution in [0, 0.1) is 5.92 Å². The maximum atomic E-state index is 11.1. The van der Waals surface area contributed by atoms with Crippen LogP contribution >= 0.6 is 0 Å². The van der Waals surface area contributed by atoms with E-state index in [1.165, 1.54) is 6.33 Å². The predicted octanol–water partition coefficient (Wildman–Crippen LogP) is 1.23. The van der Waals surface area contributed by atoms with Gasteiger partial charge in [0.15, 0.2) is 0 Å². The van der Waals surface area contributed by atoms with Gasteiger partial charge in [-0.05, 0) is 24.8 Å². The Morgan fingerprint density at radius 3 is 3.06 bits per heavy atom. The first-order valence-electron chi connectivity index (χ1n) is 5.53. The molecule has 1 atom stereocenters. The molecule has 17 heavy (non-hydrogen) atoms. The Morgan fingerprint density at radius 1 is 1.53 bits per heavy atom. The summed E-state index contributed by atoms with van der Waals surface area (Å²) in [6.45, 7) is 0. The van der Waals surface area contributed by atoms with Gasteiger partial charge in [0.2, 0.25) is 0 Å². The van der Waals surface area contributed by atoms with Gasteiger partial charge in [-0.1, -0.05) is 0 Å². The number of nitrogens with zero attached hydrogens (tertiary/aromatic N) is 2. The summed E-state index contributed by atoms with van der Waals surface area (Å²) < 4.78 is 0. The minimum absolute atomic E-state index is 0.219. The Kier molecular flexibility index (Phi) is 2.21. The highest BCUT2D eigenvalue weighted by atomic mass is 16.4. The predicted molar refractivity (Wildman–Crippen MR) is 61.7 cm³/mol. The molecule has 0 aromatic carbocycles. The maximum absolute atomic E-state index is 11.1. The second-order valence-corrected chi connectivity index (χ2v) is 4.26. The standard InChI is InChI=1S/C11H12N4O2/c16-11(17)8(6-1-2-6)15-10-7-3-4-12-9(7)13-5-14-10/h3-6,8H,1-2H2,(H,16,17)(H2,12,13,14,15)/t8-/m0/s1. The molecule has 1 aliphatic carbocycles. The van der Waals surface area contributed by atoms with Gasteiger partial charge in [0.25, 0.3) is 0 Å². The number of aromatic amines is 1. The lowest BCUT2D eigenvalue weighted by Gasteiger charge is -2.14. The number of rotatable bonds is 4. The molecule has 0 amide bonds. The number of carbonyl (C=O) groups is 1. The largest absolute Gasteiger partial charge is 0.480 e. The van der Waals surface area contributed by atoms with E-state index in [0.29, 0.717) is 11.5 Å². The average molecular weight is 232 g/mol. The van der Waals surface area contributed by atoms with Crippen LogP contribution in [-0.2, 0) is 4.79 Å². The molecule has 0 radical (unpaired) electrons. The van der Waals surface area contributed by atoms with Crippen LogP contribution in [-0.4, -0.2) is 32.1 Å². The van der Waals surface area contributed by atoms with Crippen LogP contribution in [0.2, 0.25) is 0 Å². The van der Waals surface area contributed by atoms with Gasteiger partial charge in [0.05, 0.1) is 5.39 Å². The molecular weight excluding hydrogens is 220 g/mol. The Hall–Kier alpha value is -2.11. The van der Waals surface area contributed by atoms with E-state index < -0.39 is 12.0 Å². The smallest absolute Gasteiger partial charge is 0.326 e. The molecule has 0 unspecified atom stereocenters. The van der Waals surface area contributed by atoms with Gasteiger partial charge in [-0.25, -0.2) is 14.8 Å². The first-order chi connectivity index (χ1) is 8.25. The minimum atomic E-state index is -0.824. The van der Waals surface area contributed by atoms with Crippen molar-refractivity contribution < 1.29 is 9.90 Å². The summed E-state index contributed by atoms with van der Waals surface area (Å²) in [5, 5.41) is 13.0. The van der Waals surface area contributed by atoms with Crippen molar-refractivity contribution in [2.75, 3.05) is 5.32 Å². The molecule has 88 valence electrons. The monoisotopic (exact) mass is 232 g/mol. The van der Waals surface area contributed by atoms with E-state index in [2.05, 4.69) is 20.3 Å². The van der Waals surface area contributed by atoms with E-state index in [0.717, 1.165) is 18.2 Å². The van der Waals surface area contributed by atoms with Gasteiger partial charge < -0.3 is 15.4 Å². The van der Waals surface area contributed by atoms with Gasteiger partial charge in [-0.2, -0.15) is 0 Å². The van der Waals surface area contributed by atoms with Gasteiger partial charge in [0, 0.05) is 6.20 Å². The summed E-state index contributed by atoms with van der Waals surface area (Å²) in [4.78, 5) is 22.3. The average Bonchev–Trinajstić information content (AvgIpc) is 3.02. The molecule has 0 bridgehead atoms. The zero-order valence-corrected chi connectivity index (χ0v) is 9.05. The first kappa shape index (κ1) is 10.1. The van der Waals surface area contributed by atoms with E-state index in [1.54, 1.807) is 6.20 Å². The normalized spacial score (nSPS) is 16.9. The molecule has 2 heterocycles. The molecule has 3 rings (SSSR count). The van der Waals surface area contributed by atoms with E-state index in [1.807, 2.05) is 6.07 Å². The molecule has 2 aromatic heterocycles. The van der Waals surface area contributed by atoms with Gasteiger partial charge in [0.1, 0.15) is 23.8 Å². The summed E-state index contributed by atoms with van der Waals surface area (Å²) in [6, 6.07) is 1.28. The first-order valence-corrected chi connectivity index (χ1v) is 5.53. The Bertz CT molecular complexity index is 561. The third kappa shape index (κ3) is 1.82. The van der Waals surface area contributed by atoms with Crippen molar-refractivity contribution in [1.82, 2.24) is 15.0 Å². The molecule has 1 fully saturated rings. The van der Waals surface area contributed by atoms with E-state index in [-0.39, 0.29) is 5.92 Å². The van der Waals surface area contributed by atoms with Crippen molar-refractivity contribution in [1.29, 1.82) is 0 Å². The summed E-state index contributed by atoms with van der Waals surface area (Å²) >= 11 is 0. The summed E-state index contributed by atoms with van der Waals surface area (Å²) in [7, 11) is 0. The van der Waals surface area contributed by atoms with Crippen LogP contribution in [0.5, 0.6) is 0 Å². The molecular formula is C11H12N4O2. The highest BCUT2D eigenvalue weighted by Crippen LogP contribution is 2.34. The third-order valence-electron chi connectivity index (χ3n) is 3.01. The number of nitrogens with one attached hydrogen (secondary N) is 2. The van der Waals surface area contributed by atoms with Crippen LogP contribution in [0.25, 0.3) is 11.0 Å². The highest BCUT2D eigenvalue weighted by molar-refractivity contribution is 5.89. The fourth-order valence-corrected chi connectivity index (χ4v) is 1.95. The molecule has 6 nitrogen and oxygen atoms in total. The maximum Gasteiger partial charge on any atom is 0.326 e.